The molecule has 2 saturated carbocycles. The molecule has 0 aromatic heterocycles. The molecule has 2 aromatic rings. The van der Waals surface area contributed by atoms with Gasteiger partial charge in [-0.1, -0.05) is 24.3 Å². The van der Waals surface area contributed by atoms with Gasteiger partial charge in [-0.3, -0.25) is 14.5 Å². The van der Waals surface area contributed by atoms with E-state index in [0.717, 1.165) is 41.9 Å². The van der Waals surface area contributed by atoms with E-state index in [9.17, 15) is 30.0 Å². The third-order valence-corrected chi connectivity index (χ3v) is 13.1. The number of hydrogen-bond acceptors (Lipinski definition) is 10. The number of halogens is 1. The lowest BCUT2D eigenvalue weighted by Crippen LogP contribution is -2.76. The summed E-state index contributed by atoms with van der Waals surface area (Å²) in [7, 11) is 0. The summed E-state index contributed by atoms with van der Waals surface area (Å²) in [6.07, 6.45) is 6.53. The Kier molecular flexibility index (Phi) is 7.56. The molecule has 4 heterocycles. The number of piperidine rings is 2. The molecular formula is C38H43ClN2O8. The highest BCUT2D eigenvalue weighted by Gasteiger charge is 2.74. The number of aliphatic hydroxyl groups is 2. The summed E-state index contributed by atoms with van der Waals surface area (Å²) < 4.78 is 11.9. The summed E-state index contributed by atoms with van der Waals surface area (Å²) in [5.74, 6) is 1.63. The maximum absolute atomic E-state index is 12.6. The van der Waals surface area contributed by atoms with E-state index >= 15 is 0 Å². The van der Waals surface area contributed by atoms with Crippen molar-refractivity contribution in [3.8, 4) is 23.0 Å². The molecular weight excluding hydrogens is 648 g/mol. The van der Waals surface area contributed by atoms with Crippen LogP contribution in [0.2, 0.25) is 0 Å². The van der Waals surface area contributed by atoms with Gasteiger partial charge in [0.1, 0.15) is 0 Å². The van der Waals surface area contributed by atoms with Crippen LogP contribution in [0.25, 0.3) is 0 Å². The number of phenolic OH excluding ortho intramolecular Hbond substituents is 2. The first-order valence-corrected chi connectivity index (χ1v) is 17.8. The number of alkyl halides is 1. The summed E-state index contributed by atoms with van der Waals surface area (Å²) >= 11 is 5.07. The van der Waals surface area contributed by atoms with Crippen LogP contribution in [0.1, 0.15) is 60.8 Å². The second-order valence-corrected chi connectivity index (χ2v) is 15.1. The van der Waals surface area contributed by atoms with Crippen LogP contribution in [-0.2, 0) is 33.3 Å². The Labute approximate surface area is 290 Å². The second-order valence-electron chi connectivity index (χ2n) is 14.8. The highest BCUT2D eigenvalue weighted by atomic mass is 35.5. The first-order chi connectivity index (χ1) is 23.5. The standard InChI is InChI=1S/C19H21NO4.C16H17NO4.C3H5Cl/c1-2-8-20-9-7-18-15-11-3-4-12(21)16(15)24-17(18)13(22)5-6-19(18,23)14(20)10-11;18-9-2-1-8-7-11-16(20)4-3-10(19)14-15(16,5-6-17-11)12(8)13(9)21-14;1-2-3-4/h2-4,14,17,21,23H,1,5-10H2;1-2,11,14,17-18,20H,3-7H2;2H,1,3H2. The van der Waals surface area contributed by atoms with Gasteiger partial charge in [0.25, 0.3) is 0 Å². The molecule has 260 valence electrons. The van der Waals surface area contributed by atoms with Crippen LogP contribution in [0.3, 0.4) is 0 Å². The van der Waals surface area contributed by atoms with E-state index in [1.165, 1.54) is 0 Å². The summed E-state index contributed by atoms with van der Waals surface area (Å²) in [4.78, 5) is 27.3. The zero-order valence-electron chi connectivity index (χ0n) is 27.4. The lowest BCUT2D eigenvalue weighted by Gasteiger charge is -2.62. The fourth-order valence-corrected chi connectivity index (χ4v) is 11.0. The Morgan fingerprint density at radius 2 is 1.39 bits per heavy atom. The monoisotopic (exact) mass is 690 g/mol. The number of carbonyl (C=O) groups is 2. The summed E-state index contributed by atoms with van der Waals surface area (Å²) in [6, 6.07) is 7.00. The molecule has 10 nitrogen and oxygen atoms in total. The van der Waals surface area contributed by atoms with Crippen molar-refractivity contribution in [2.75, 3.05) is 25.5 Å². The van der Waals surface area contributed by atoms with Gasteiger partial charge in [0.15, 0.2) is 46.8 Å². The topological polar surface area (TPSA) is 149 Å². The molecule has 4 aliphatic carbocycles. The molecule has 8 aliphatic rings. The van der Waals surface area contributed by atoms with E-state index in [0.29, 0.717) is 68.7 Å². The van der Waals surface area contributed by atoms with Crippen molar-refractivity contribution in [3.63, 3.8) is 0 Å². The predicted octanol–water partition coefficient (Wildman–Crippen LogP) is 3.12. The number of allylic oxidation sites excluding steroid dienone is 1. The maximum atomic E-state index is 12.6. The van der Waals surface area contributed by atoms with Crippen molar-refractivity contribution in [1.82, 2.24) is 10.2 Å². The molecule has 0 amide bonds. The van der Waals surface area contributed by atoms with Gasteiger partial charge in [0.2, 0.25) is 0 Å². The van der Waals surface area contributed by atoms with E-state index in [1.54, 1.807) is 18.2 Å². The predicted molar refractivity (Wildman–Crippen MR) is 182 cm³/mol. The number of rotatable bonds is 3. The van der Waals surface area contributed by atoms with Gasteiger partial charge in [0, 0.05) is 55.0 Å². The van der Waals surface area contributed by atoms with Gasteiger partial charge in [-0.25, -0.2) is 0 Å². The molecule has 2 aromatic carbocycles. The largest absolute Gasteiger partial charge is 0.504 e. The quantitative estimate of drug-likeness (QED) is 0.240. The Bertz CT molecular complexity index is 1780. The van der Waals surface area contributed by atoms with Crippen LogP contribution in [0.15, 0.2) is 49.6 Å². The molecule has 10 rings (SSSR count). The van der Waals surface area contributed by atoms with Crippen LogP contribution >= 0.6 is 11.6 Å². The first kappa shape index (κ1) is 32.8. The number of Topliss-reactive ketones (excluding diaryl/α,β-unsaturated/α-hetero) is 2. The minimum Gasteiger partial charge on any atom is -0.504 e. The number of carbonyl (C=O) groups excluding carboxylic acids is 2. The van der Waals surface area contributed by atoms with Crippen molar-refractivity contribution in [3.05, 3.63) is 71.8 Å². The van der Waals surface area contributed by atoms with Crippen LogP contribution in [0.4, 0.5) is 0 Å². The fraction of sp³-hybridized carbons (Fsp3) is 0.526. The number of nitrogens with one attached hydrogen (secondary N) is 1. The summed E-state index contributed by atoms with van der Waals surface area (Å²) in [5, 5.41) is 47.1. The molecule has 4 aliphatic heterocycles. The maximum Gasteiger partial charge on any atom is 0.174 e. The molecule has 8 atom stereocenters. The van der Waals surface area contributed by atoms with Crippen LogP contribution in [0, 0.1) is 0 Å². The minimum absolute atomic E-state index is 0.0408. The number of hydrogen-bond donors (Lipinski definition) is 5. The Hall–Kier alpha value is -3.41. The Morgan fingerprint density at radius 3 is 1.96 bits per heavy atom. The fourth-order valence-electron chi connectivity index (χ4n) is 11.0. The molecule has 4 fully saturated rings. The number of benzene rings is 2. The SMILES string of the molecule is C=CCCl.C=CCN1CCC23c4c5ccc(O)c4OC2C(=O)CCC3(O)C1C5.O=C1CCC2(O)C3Cc4ccc(O)c5c4C2(CCN3)C1O5. The van der Waals surface area contributed by atoms with Crippen molar-refractivity contribution in [1.29, 1.82) is 0 Å². The van der Waals surface area contributed by atoms with Crippen molar-refractivity contribution in [2.45, 2.75) is 97.7 Å². The highest BCUT2D eigenvalue weighted by molar-refractivity contribution is 6.18. The van der Waals surface area contributed by atoms with Gasteiger partial charge in [0.05, 0.1) is 22.0 Å². The lowest BCUT2D eigenvalue weighted by atomic mass is 9.49. The van der Waals surface area contributed by atoms with Crippen molar-refractivity contribution < 1.29 is 39.5 Å². The van der Waals surface area contributed by atoms with E-state index in [2.05, 4.69) is 23.4 Å². The van der Waals surface area contributed by atoms with Crippen molar-refractivity contribution >= 4 is 23.2 Å². The molecule has 8 unspecified atom stereocenters. The first-order valence-electron chi connectivity index (χ1n) is 17.3. The number of ketones is 2. The van der Waals surface area contributed by atoms with Crippen molar-refractivity contribution in [2.24, 2.45) is 0 Å². The van der Waals surface area contributed by atoms with Crippen LogP contribution in [0.5, 0.6) is 23.0 Å². The minimum atomic E-state index is -1.00. The lowest BCUT2D eigenvalue weighted by molar-refractivity contribution is -0.187. The molecule has 2 spiro atoms. The van der Waals surface area contributed by atoms with Gasteiger partial charge in [-0.05, 0) is 68.3 Å². The molecule has 5 N–H and O–H groups in total. The highest BCUT2D eigenvalue weighted by Crippen LogP contribution is 2.65. The van der Waals surface area contributed by atoms with E-state index in [1.807, 2.05) is 18.2 Å². The van der Waals surface area contributed by atoms with E-state index < -0.39 is 34.2 Å². The molecule has 11 heteroatoms. The number of ether oxygens (including phenoxy) is 2. The van der Waals surface area contributed by atoms with Gasteiger partial charge in [-0.2, -0.15) is 0 Å². The summed E-state index contributed by atoms with van der Waals surface area (Å²) in [6.45, 7) is 9.47. The zero-order chi connectivity index (χ0) is 34.5. The van der Waals surface area contributed by atoms with Crippen LogP contribution < -0.4 is 14.8 Å². The number of likely N-dealkylation sites (tertiary alicyclic amines) is 1. The third-order valence-electron chi connectivity index (χ3n) is 12.9. The molecule has 4 bridgehead atoms. The van der Waals surface area contributed by atoms with E-state index in [-0.39, 0.29) is 35.1 Å². The van der Waals surface area contributed by atoms with Gasteiger partial charge >= 0.3 is 0 Å². The number of nitrogens with zero attached hydrogens (tertiary/aromatic N) is 1. The second kappa shape index (κ2) is 11.3. The van der Waals surface area contributed by atoms with Gasteiger partial charge in [-0.15, -0.1) is 24.8 Å². The number of aromatic hydroxyl groups is 2. The number of phenols is 2. The summed E-state index contributed by atoms with van der Waals surface area (Å²) in [5.41, 5.74) is 0.588. The zero-order valence-corrected chi connectivity index (χ0v) is 28.2. The average Bonchev–Trinajstić information content (AvgIpc) is 3.63. The third kappa shape index (κ3) is 4.03. The normalized spacial score (nSPS) is 37.9. The molecule has 0 radical (unpaired) electrons. The Balaban J connectivity index is 0.000000129. The smallest absolute Gasteiger partial charge is 0.174 e. The molecule has 2 saturated heterocycles. The average molecular weight is 691 g/mol. The van der Waals surface area contributed by atoms with Gasteiger partial charge < -0.3 is 35.2 Å². The van der Waals surface area contributed by atoms with Crippen LogP contribution in [-0.4, -0.2) is 97.9 Å². The Morgan fingerprint density at radius 1 is 0.837 bits per heavy atom. The van der Waals surface area contributed by atoms with E-state index in [4.69, 9.17) is 21.1 Å². The molecule has 49 heavy (non-hydrogen) atoms.